The van der Waals surface area contributed by atoms with E-state index < -0.39 is 11.5 Å². The number of carboxylic acid groups (broad SMARTS) is 1. The third kappa shape index (κ3) is 3.53. The second-order valence-corrected chi connectivity index (χ2v) is 8.73. The highest BCUT2D eigenvalue weighted by Crippen LogP contribution is 2.48. The fraction of sp³-hybridized carbons (Fsp3) is 0.200. The first kappa shape index (κ1) is 20.8. The summed E-state index contributed by atoms with van der Waals surface area (Å²) in [7, 11) is 1.52. The molecule has 33 heavy (non-hydrogen) atoms. The van der Waals surface area contributed by atoms with Crippen LogP contribution in [0.3, 0.4) is 0 Å². The number of H-pyrrole nitrogens is 1. The van der Waals surface area contributed by atoms with Crippen LogP contribution in [0.4, 0.5) is 27.1 Å². The number of benzene rings is 3. The lowest BCUT2D eigenvalue weighted by Gasteiger charge is -2.50. The van der Waals surface area contributed by atoms with Gasteiger partial charge in [0.05, 0.1) is 41.3 Å². The first-order valence-electron chi connectivity index (χ1n) is 10.5. The summed E-state index contributed by atoms with van der Waals surface area (Å²) in [4.78, 5) is 15.6. The normalized spacial score (nSPS) is 14.9. The van der Waals surface area contributed by atoms with Gasteiger partial charge in [0.15, 0.2) is 0 Å². The molecule has 1 aliphatic heterocycles. The topological polar surface area (TPSA) is 81.7 Å². The molecule has 1 aliphatic rings. The highest BCUT2D eigenvalue weighted by molar-refractivity contribution is 5.96. The maximum Gasteiger partial charge on any atom is 0.335 e. The van der Waals surface area contributed by atoms with E-state index in [1.54, 1.807) is 30.5 Å². The van der Waals surface area contributed by atoms with Crippen LogP contribution in [0.5, 0.6) is 5.75 Å². The molecule has 0 atom stereocenters. The summed E-state index contributed by atoms with van der Waals surface area (Å²) >= 11 is 0. The number of carboxylic acids is 1. The fourth-order valence-electron chi connectivity index (χ4n) is 4.53. The Balaban J connectivity index is 1.72. The van der Waals surface area contributed by atoms with E-state index in [1.807, 2.05) is 18.2 Å². The van der Waals surface area contributed by atoms with Crippen LogP contribution in [0, 0.1) is 5.82 Å². The van der Waals surface area contributed by atoms with Crippen molar-refractivity contribution in [2.75, 3.05) is 23.5 Å². The number of fused-ring (bicyclic) bond motifs is 2. The SMILES string of the molecule is COc1cc(F)cc(N2c3cc4cn[nH]c4cc3N(c3ccc(C(=O)O)cc3)CC2(C)C)c1. The van der Waals surface area contributed by atoms with E-state index in [2.05, 4.69) is 33.8 Å². The van der Waals surface area contributed by atoms with Crippen LogP contribution in [-0.4, -0.2) is 40.5 Å². The monoisotopic (exact) mass is 446 g/mol. The molecule has 2 heterocycles. The zero-order valence-electron chi connectivity index (χ0n) is 18.5. The summed E-state index contributed by atoms with van der Waals surface area (Å²) in [6, 6.07) is 15.6. The Hall–Kier alpha value is -4.07. The number of anilines is 4. The molecule has 0 spiro atoms. The number of nitrogens with one attached hydrogen (secondary N) is 1. The summed E-state index contributed by atoms with van der Waals surface area (Å²) in [5.41, 5.74) is 3.98. The molecule has 0 radical (unpaired) electrons. The van der Waals surface area contributed by atoms with Gasteiger partial charge in [0.1, 0.15) is 11.6 Å². The van der Waals surface area contributed by atoms with Crippen molar-refractivity contribution in [3.8, 4) is 5.75 Å². The summed E-state index contributed by atoms with van der Waals surface area (Å²) < 4.78 is 19.8. The second kappa shape index (κ2) is 7.51. The summed E-state index contributed by atoms with van der Waals surface area (Å²) in [5, 5.41) is 17.4. The number of hydrogen-bond acceptors (Lipinski definition) is 5. The average Bonchev–Trinajstić information content (AvgIpc) is 3.24. The van der Waals surface area contributed by atoms with Crippen molar-refractivity contribution < 1.29 is 19.0 Å². The number of ether oxygens (including phenoxy) is 1. The molecule has 8 heteroatoms. The second-order valence-electron chi connectivity index (χ2n) is 8.73. The molecule has 0 aliphatic carbocycles. The smallest absolute Gasteiger partial charge is 0.335 e. The maximum absolute atomic E-state index is 14.5. The van der Waals surface area contributed by atoms with Crippen LogP contribution < -0.4 is 14.5 Å². The molecular formula is C25H23FN4O3. The average molecular weight is 446 g/mol. The van der Waals surface area contributed by atoms with Crippen molar-refractivity contribution in [3.05, 3.63) is 72.2 Å². The van der Waals surface area contributed by atoms with Gasteiger partial charge < -0.3 is 19.6 Å². The number of methoxy groups -OCH3 is 1. The summed E-state index contributed by atoms with van der Waals surface area (Å²) in [6.45, 7) is 4.75. The third-order valence-corrected chi connectivity index (χ3v) is 5.99. The molecule has 0 unspecified atom stereocenters. The van der Waals surface area contributed by atoms with Crippen LogP contribution in [0.1, 0.15) is 24.2 Å². The van der Waals surface area contributed by atoms with Crippen molar-refractivity contribution in [1.29, 1.82) is 0 Å². The zero-order valence-corrected chi connectivity index (χ0v) is 18.5. The van der Waals surface area contributed by atoms with Gasteiger partial charge in [-0.1, -0.05) is 0 Å². The number of aromatic nitrogens is 2. The quantitative estimate of drug-likeness (QED) is 0.432. The first-order valence-corrected chi connectivity index (χ1v) is 10.5. The van der Waals surface area contributed by atoms with Crippen molar-refractivity contribution >= 4 is 39.6 Å². The molecular weight excluding hydrogens is 423 g/mol. The minimum atomic E-state index is -0.966. The zero-order chi connectivity index (χ0) is 23.3. The van der Waals surface area contributed by atoms with E-state index in [0.717, 1.165) is 28.0 Å². The highest BCUT2D eigenvalue weighted by atomic mass is 19.1. The minimum absolute atomic E-state index is 0.229. The summed E-state index contributed by atoms with van der Waals surface area (Å²) in [6.07, 6.45) is 1.76. The van der Waals surface area contributed by atoms with E-state index in [0.29, 0.717) is 18.0 Å². The molecule has 2 N–H and O–H groups in total. The maximum atomic E-state index is 14.5. The molecule has 0 saturated carbocycles. The first-order chi connectivity index (χ1) is 15.8. The number of carbonyl (C=O) groups is 1. The van der Waals surface area contributed by atoms with Crippen LogP contribution in [0.25, 0.3) is 10.9 Å². The van der Waals surface area contributed by atoms with Gasteiger partial charge in [-0.25, -0.2) is 9.18 Å². The number of hydrogen-bond donors (Lipinski definition) is 2. The van der Waals surface area contributed by atoms with Gasteiger partial charge in [0, 0.05) is 35.4 Å². The molecule has 1 aromatic heterocycles. The molecule has 7 nitrogen and oxygen atoms in total. The van der Waals surface area contributed by atoms with E-state index in [1.165, 1.54) is 19.2 Å². The summed E-state index contributed by atoms with van der Waals surface area (Å²) in [5.74, 6) is -0.900. The molecule has 5 rings (SSSR count). The molecule has 0 bridgehead atoms. The minimum Gasteiger partial charge on any atom is -0.497 e. The van der Waals surface area contributed by atoms with Crippen molar-refractivity contribution in [2.24, 2.45) is 0 Å². The Morgan fingerprint density at radius 1 is 1.09 bits per heavy atom. The largest absolute Gasteiger partial charge is 0.497 e. The Morgan fingerprint density at radius 3 is 2.55 bits per heavy atom. The van der Waals surface area contributed by atoms with Crippen LogP contribution >= 0.6 is 0 Å². The van der Waals surface area contributed by atoms with Crippen LogP contribution in [0.15, 0.2) is 60.8 Å². The Labute approximate surface area is 190 Å². The molecule has 3 aromatic carbocycles. The number of aromatic carboxylic acids is 1. The lowest BCUT2D eigenvalue weighted by atomic mass is 9.93. The number of aromatic amines is 1. The number of nitrogens with zero attached hydrogens (tertiary/aromatic N) is 3. The van der Waals surface area contributed by atoms with Crippen LogP contribution in [-0.2, 0) is 0 Å². The highest BCUT2D eigenvalue weighted by Gasteiger charge is 2.39. The lowest BCUT2D eigenvalue weighted by molar-refractivity contribution is 0.0697. The van der Waals surface area contributed by atoms with E-state index in [-0.39, 0.29) is 11.4 Å². The molecule has 0 amide bonds. The van der Waals surface area contributed by atoms with Gasteiger partial charge in [-0.15, -0.1) is 0 Å². The van der Waals surface area contributed by atoms with E-state index in [4.69, 9.17) is 4.74 Å². The molecule has 168 valence electrons. The number of halogens is 1. The van der Waals surface area contributed by atoms with Crippen LogP contribution in [0.2, 0.25) is 0 Å². The standard InChI is InChI=1S/C25H23FN4O3/c1-25(2)14-29(18-6-4-15(5-7-18)24(31)32)22-12-21-16(13-27-28-21)8-23(22)30(25)19-9-17(26)10-20(11-19)33-3/h4-13H,14H2,1-3H3,(H,27,28)(H,31,32). The van der Waals surface area contributed by atoms with Crippen molar-refractivity contribution in [3.63, 3.8) is 0 Å². The van der Waals surface area contributed by atoms with Gasteiger partial charge in [-0.2, -0.15) is 5.10 Å². The third-order valence-electron chi connectivity index (χ3n) is 5.99. The lowest BCUT2D eigenvalue weighted by Crippen LogP contribution is -2.52. The Morgan fingerprint density at radius 2 is 1.85 bits per heavy atom. The van der Waals surface area contributed by atoms with Gasteiger partial charge in [-0.3, -0.25) is 5.10 Å². The van der Waals surface area contributed by atoms with E-state index in [9.17, 15) is 14.3 Å². The predicted octanol–water partition coefficient (Wildman–Crippen LogP) is 5.48. The van der Waals surface area contributed by atoms with Gasteiger partial charge in [0.25, 0.3) is 0 Å². The van der Waals surface area contributed by atoms with E-state index >= 15 is 0 Å². The van der Waals surface area contributed by atoms with Crippen molar-refractivity contribution in [2.45, 2.75) is 19.4 Å². The molecule has 0 fully saturated rings. The van der Waals surface area contributed by atoms with Gasteiger partial charge in [0.2, 0.25) is 0 Å². The Kier molecular flexibility index (Phi) is 4.74. The molecule has 0 saturated heterocycles. The number of rotatable bonds is 4. The Bertz CT molecular complexity index is 1360. The molecule has 4 aromatic rings. The van der Waals surface area contributed by atoms with Gasteiger partial charge in [-0.05, 0) is 56.3 Å². The van der Waals surface area contributed by atoms with Crippen molar-refractivity contribution in [1.82, 2.24) is 10.2 Å². The fourth-order valence-corrected chi connectivity index (χ4v) is 4.53. The predicted molar refractivity (Wildman–Crippen MR) is 126 cm³/mol. The van der Waals surface area contributed by atoms with Gasteiger partial charge >= 0.3 is 5.97 Å².